The van der Waals surface area contributed by atoms with E-state index in [9.17, 15) is 10.1 Å². The summed E-state index contributed by atoms with van der Waals surface area (Å²) in [5.41, 5.74) is 1.81. The van der Waals surface area contributed by atoms with E-state index in [1.807, 2.05) is 24.3 Å². The minimum atomic E-state index is 0.465. The summed E-state index contributed by atoms with van der Waals surface area (Å²) >= 11 is 1.40. The van der Waals surface area contributed by atoms with Gasteiger partial charge in [-0.25, -0.2) is 9.97 Å². The van der Waals surface area contributed by atoms with Crippen molar-refractivity contribution in [3.63, 3.8) is 0 Å². The van der Waals surface area contributed by atoms with Crippen LogP contribution < -0.4 is 0 Å². The summed E-state index contributed by atoms with van der Waals surface area (Å²) in [6.07, 6.45) is 2.24. The van der Waals surface area contributed by atoms with Crippen LogP contribution in [0, 0.1) is 11.3 Å². The average Bonchev–Trinajstić information content (AvgIpc) is 2.55. The molecule has 0 saturated carbocycles. The SMILES string of the molecule is N#Cc1cc(C=O)ccc1Sc1ncnc2ccccc12. The number of nitriles is 1. The molecule has 0 amide bonds. The molecule has 3 aromatic rings. The van der Waals surface area contributed by atoms with Crippen LogP contribution in [0.15, 0.2) is 58.7 Å². The number of aromatic nitrogens is 2. The molecule has 4 nitrogen and oxygen atoms in total. The first-order valence-corrected chi connectivity index (χ1v) is 7.00. The summed E-state index contributed by atoms with van der Waals surface area (Å²) in [5.74, 6) is 0. The largest absolute Gasteiger partial charge is 0.298 e. The highest BCUT2D eigenvalue weighted by atomic mass is 32.2. The van der Waals surface area contributed by atoms with E-state index in [1.165, 1.54) is 18.1 Å². The average molecular weight is 291 g/mol. The first kappa shape index (κ1) is 13.3. The zero-order chi connectivity index (χ0) is 14.7. The van der Waals surface area contributed by atoms with Crippen LogP contribution in [-0.4, -0.2) is 16.3 Å². The quantitative estimate of drug-likeness (QED) is 0.546. The van der Waals surface area contributed by atoms with Gasteiger partial charge < -0.3 is 0 Å². The summed E-state index contributed by atoms with van der Waals surface area (Å²) in [6.45, 7) is 0. The molecule has 0 unspecified atom stereocenters. The molecule has 0 bridgehead atoms. The lowest BCUT2D eigenvalue weighted by Gasteiger charge is -2.06. The van der Waals surface area contributed by atoms with Crippen molar-refractivity contribution in [2.45, 2.75) is 9.92 Å². The molecular formula is C16H9N3OS. The fraction of sp³-hybridized carbons (Fsp3) is 0. The van der Waals surface area contributed by atoms with E-state index < -0.39 is 0 Å². The standard InChI is InChI=1S/C16H9N3OS/c17-8-12-7-11(9-20)5-6-15(12)21-16-13-3-1-2-4-14(13)18-10-19-16/h1-7,9-10H. The van der Waals surface area contributed by atoms with Gasteiger partial charge in [0.15, 0.2) is 0 Å². The van der Waals surface area contributed by atoms with Crippen LogP contribution in [-0.2, 0) is 0 Å². The van der Waals surface area contributed by atoms with Crippen LogP contribution in [0.3, 0.4) is 0 Å². The first-order chi connectivity index (χ1) is 10.3. The molecule has 0 saturated heterocycles. The maximum Gasteiger partial charge on any atom is 0.150 e. The Morgan fingerprint density at radius 2 is 2.00 bits per heavy atom. The second-order valence-corrected chi connectivity index (χ2v) is 5.31. The van der Waals surface area contributed by atoms with Gasteiger partial charge in [0.2, 0.25) is 0 Å². The molecule has 0 spiro atoms. The Morgan fingerprint density at radius 3 is 2.81 bits per heavy atom. The number of fused-ring (bicyclic) bond motifs is 1. The maximum atomic E-state index is 10.8. The van der Waals surface area contributed by atoms with Crippen LogP contribution in [0.25, 0.3) is 10.9 Å². The van der Waals surface area contributed by atoms with E-state index in [0.29, 0.717) is 11.1 Å². The molecule has 100 valence electrons. The van der Waals surface area contributed by atoms with Crippen molar-refractivity contribution in [3.05, 3.63) is 59.9 Å². The van der Waals surface area contributed by atoms with Gasteiger partial charge in [-0.15, -0.1) is 0 Å². The molecule has 0 radical (unpaired) electrons. The lowest BCUT2D eigenvalue weighted by atomic mass is 10.1. The van der Waals surface area contributed by atoms with E-state index in [0.717, 1.165) is 27.1 Å². The van der Waals surface area contributed by atoms with Crippen molar-refractivity contribution in [2.75, 3.05) is 0 Å². The number of benzene rings is 2. The number of aldehydes is 1. The van der Waals surface area contributed by atoms with Crippen LogP contribution >= 0.6 is 11.8 Å². The molecule has 0 aliphatic carbocycles. The number of rotatable bonds is 3. The molecule has 0 aliphatic heterocycles. The Kier molecular flexibility index (Phi) is 3.63. The molecule has 3 rings (SSSR count). The molecule has 0 atom stereocenters. The van der Waals surface area contributed by atoms with E-state index in [1.54, 1.807) is 18.2 Å². The minimum Gasteiger partial charge on any atom is -0.298 e. The summed E-state index contributed by atoms with van der Waals surface area (Å²) in [4.78, 5) is 20.1. The zero-order valence-corrected chi connectivity index (χ0v) is 11.7. The van der Waals surface area contributed by atoms with E-state index in [4.69, 9.17) is 0 Å². The molecule has 0 N–H and O–H groups in total. The number of nitrogens with zero attached hydrogens (tertiary/aromatic N) is 3. The van der Waals surface area contributed by atoms with Gasteiger partial charge in [0.05, 0.1) is 11.1 Å². The fourth-order valence-corrected chi connectivity index (χ4v) is 2.90. The van der Waals surface area contributed by atoms with Crippen LogP contribution in [0.1, 0.15) is 15.9 Å². The Hall–Kier alpha value is -2.71. The van der Waals surface area contributed by atoms with Crippen molar-refractivity contribution < 1.29 is 4.79 Å². The molecule has 0 fully saturated rings. The van der Waals surface area contributed by atoms with Gasteiger partial charge in [-0.05, 0) is 18.2 Å². The predicted octanol–water partition coefficient (Wildman–Crippen LogP) is 3.47. The van der Waals surface area contributed by atoms with Crippen LogP contribution in [0.4, 0.5) is 0 Å². The lowest BCUT2D eigenvalue weighted by molar-refractivity contribution is 0.112. The molecule has 1 aromatic heterocycles. The molecule has 0 aliphatic rings. The van der Waals surface area contributed by atoms with Gasteiger partial charge in [0.1, 0.15) is 23.7 Å². The highest BCUT2D eigenvalue weighted by Gasteiger charge is 2.09. The third-order valence-corrected chi connectivity index (χ3v) is 4.07. The van der Waals surface area contributed by atoms with Crippen LogP contribution in [0.2, 0.25) is 0 Å². The summed E-state index contributed by atoms with van der Waals surface area (Å²) in [5, 5.41) is 10.9. The smallest absolute Gasteiger partial charge is 0.150 e. The van der Waals surface area contributed by atoms with Gasteiger partial charge in [-0.1, -0.05) is 36.0 Å². The van der Waals surface area contributed by atoms with Crippen molar-refractivity contribution in [1.29, 1.82) is 5.26 Å². The second kappa shape index (κ2) is 5.73. The number of hydrogen-bond donors (Lipinski definition) is 0. The highest BCUT2D eigenvalue weighted by Crippen LogP contribution is 2.33. The van der Waals surface area contributed by atoms with Crippen molar-refractivity contribution >= 4 is 29.0 Å². The van der Waals surface area contributed by atoms with Gasteiger partial charge in [-0.2, -0.15) is 5.26 Å². The van der Waals surface area contributed by atoms with Gasteiger partial charge in [0.25, 0.3) is 0 Å². The Balaban J connectivity index is 2.07. The molecular weight excluding hydrogens is 282 g/mol. The van der Waals surface area contributed by atoms with Gasteiger partial charge in [0, 0.05) is 15.8 Å². The van der Waals surface area contributed by atoms with Crippen molar-refractivity contribution in [3.8, 4) is 6.07 Å². The van der Waals surface area contributed by atoms with E-state index in [-0.39, 0.29) is 0 Å². The molecule has 1 heterocycles. The molecule has 2 aromatic carbocycles. The minimum absolute atomic E-state index is 0.465. The van der Waals surface area contributed by atoms with Crippen LogP contribution in [0.5, 0.6) is 0 Å². The fourth-order valence-electron chi connectivity index (χ4n) is 1.96. The Bertz CT molecular complexity index is 866. The molecule has 21 heavy (non-hydrogen) atoms. The highest BCUT2D eigenvalue weighted by molar-refractivity contribution is 7.99. The normalized spacial score (nSPS) is 10.2. The first-order valence-electron chi connectivity index (χ1n) is 6.19. The Morgan fingerprint density at radius 1 is 1.14 bits per heavy atom. The van der Waals surface area contributed by atoms with E-state index >= 15 is 0 Å². The monoisotopic (exact) mass is 291 g/mol. The predicted molar refractivity (Wildman–Crippen MR) is 80.2 cm³/mol. The lowest BCUT2D eigenvalue weighted by Crippen LogP contribution is -1.89. The van der Waals surface area contributed by atoms with Gasteiger partial charge >= 0.3 is 0 Å². The third kappa shape index (κ3) is 2.62. The summed E-state index contributed by atoms with van der Waals surface area (Å²) in [6, 6.07) is 14.9. The summed E-state index contributed by atoms with van der Waals surface area (Å²) in [7, 11) is 0. The Labute approximate surface area is 125 Å². The topological polar surface area (TPSA) is 66.6 Å². The maximum absolute atomic E-state index is 10.8. The number of para-hydroxylation sites is 1. The van der Waals surface area contributed by atoms with Gasteiger partial charge in [-0.3, -0.25) is 4.79 Å². The number of carbonyl (C=O) groups is 1. The molecule has 5 heteroatoms. The zero-order valence-electron chi connectivity index (χ0n) is 10.9. The summed E-state index contributed by atoms with van der Waals surface area (Å²) < 4.78 is 0. The number of hydrogen-bond acceptors (Lipinski definition) is 5. The second-order valence-electron chi connectivity index (χ2n) is 4.28. The van der Waals surface area contributed by atoms with Crippen molar-refractivity contribution in [2.24, 2.45) is 0 Å². The third-order valence-electron chi connectivity index (χ3n) is 2.97. The van der Waals surface area contributed by atoms with E-state index in [2.05, 4.69) is 16.0 Å². The van der Waals surface area contributed by atoms with Crippen molar-refractivity contribution in [1.82, 2.24) is 9.97 Å². The number of carbonyl (C=O) groups excluding carboxylic acids is 1.